The summed E-state index contributed by atoms with van der Waals surface area (Å²) in [4.78, 5) is 8.88. The Kier molecular flexibility index (Phi) is 4.19. The number of nitrogens with one attached hydrogen (secondary N) is 1. The van der Waals surface area contributed by atoms with Crippen molar-refractivity contribution in [1.29, 1.82) is 0 Å². The van der Waals surface area contributed by atoms with Crippen molar-refractivity contribution in [3.63, 3.8) is 0 Å². The van der Waals surface area contributed by atoms with Crippen LogP contribution in [0, 0.1) is 6.92 Å². The highest BCUT2D eigenvalue weighted by Gasteiger charge is 2.21. The zero-order valence-corrected chi connectivity index (χ0v) is 14.3. The minimum absolute atomic E-state index is 0.330. The Morgan fingerprint density at radius 1 is 1.28 bits per heavy atom. The van der Waals surface area contributed by atoms with Crippen LogP contribution in [0.3, 0.4) is 0 Å². The van der Waals surface area contributed by atoms with Crippen LogP contribution in [0.1, 0.15) is 23.9 Å². The number of rotatable bonds is 5. The number of aromatic nitrogens is 5. The van der Waals surface area contributed by atoms with Gasteiger partial charge in [0.05, 0.1) is 20.2 Å². The molecule has 1 aliphatic rings. The first-order valence-electron chi connectivity index (χ1n) is 8.32. The number of benzene rings is 1. The van der Waals surface area contributed by atoms with Crippen LogP contribution >= 0.6 is 0 Å². The normalized spacial score (nSPS) is 16.6. The molecule has 1 aromatic carbocycles. The largest absolute Gasteiger partial charge is 0.497 e. The van der Waals surface area contributed by atoms with Gasteiger partial charge in [0.25, 0.3) is 5.89 Å². The number of nitrogens with zero attached hydrogens (tertiary/aromatic N) is 5. The van der Waals surface area contributed by atoms with Gasteiger partial charge in [-0.3, -0.25) is 0 Å². The van der Waals surface area contributed by atoms with Crippen molar-refractivity contribution in [3.8, 4) is 17.2 Å². The van der Waals surface area contributed by atoms with Crippen molar-refractivity contribution >= 4 is 0 Å². The summed E-state index contributed by atoms with van der Waals surface area (Å²) in [5, 5.41) is 12.0. The molecule has 1 N–H and O–H groups in total. The van der Waals surface area contributed by atoms with Gasteiger partial charge in [0.1, 0.15) is 17.4 Å². The Morgan fingerprint density at radius 2 is 2.12 bits per heavy atom. The summed E-state index contributed by atoms with van der Waals surface area (Å²) in [6.45, 7) is 3.31. The number of ether oxygens (including phenoxy) is 1. The molecule has 130 valence electrons. The fraction of sp³-hybridized carbons (Fsp3) is 0.412. The Bertz CT molecular complexity index is 854. The molecule has 8 heteroatoms. The summed E-state index contributed by atoms with van der Waals surface area (Å²) in [5.74, 6) is 3.85. The summed E-state index contributed by atoms with van der Waals surface area (Å²) in [6.07, 6.45) is 1.96. The molecule has 25 heavy (non-hydrogen) atoms. The van der Waals surface area contributed by atoms with E-state index in [1.54, 1.807) is 7.11 Å². The second-order valence-corrected chi connectivity index (χ2v) is 6.12. The first kappa shape index (κ1) is 15.8. The number of methoxy groups -OCH3 is 1. The monoisotopic (exact) mass is 340 g/mol. The molecule has 0 radical (unpaired) electrons. The lowest BCUT2D eigenvalue weighted by Crippen LogP contribution is -2.37. The van der Waals surface area contributed by atoms with Crippen molar-refractivity contribution in [2.45, 2.75) is 38.9 Å². The third-order valence-electron chi connectivity index (χ3n) is 4.32. The van der Waals surface area contributed by atoms with E-state index >= 15 is 0 Å². The highest BCUT2D eigenvalue weighted by molar-refractivity contribution is 5.54. The zero-order valence-electron chi connectivity index (χ0n) is 14.3. The molecular weight excluding hydrogens is 320 g/mol. The molecule has 0 fully saturated rings. The second-order valence-electron chi connectivity index (χ2n) is 6.12. The van der Waals surface area contributed by atoms with Gasteiger partial charge in [-0.25, -0.2) is 9.67 Å². The van der Waals surface area contributed by atoms with Crippen LogP contribution in [0.2, 0.25) is 0 Å². The maximum absolute atomic E-state index is 5.35. The molecule has 3 heterocycles. The van der Waals surface area contributed by atoms with Crippen molar-refractivity contribution in [2.75, 3.05) is 7.11 Å². The molecular formula is C17H20N6O2. The van der Waals surface area contributed by atoms with Gasteiger partial charge in [0.2, 0.25) is 0 Å². The highest BCUT2D eigenvalue weighted by atomic mass is 16.5. The molecule has 0 saturated carbocycles. The number of aryl methyl sites for hydroxylation is 2. The smallest absolute Gasteiger partial charge is 0.257 e. The molecule has 0 unspecified atom stereocenters. The molecule has 8 nitrogen and oxygen atoms in total. The average Bonchev–Trinajstić information content (AvgIpc) is 3.25. The minimum Gasteiger partial charge on any atom is -0.497 e. The fourth-order valence-corrected chi connectivity index (χ4v) is 3.01. The SMILES string of the molecule is COc1ccc(-c2nc(CN[C@@H]3CCc4nc(C)nn4C3)no2)cc1. The van der Waals surface area contributed by atoms with E-state index in [0.717, 1.165) is 42.3 Å². The van der Waals surface area contributed by atoms with E-state index in [0.29, 0.717) is 24.3 Å². The minimum atomic E-state index is 0.330. The topological polar surface area (TPSA) is 90.9 Å². The molecule has 4 rings (SSSR count). The van der Waals surface area contributed by atoms with E-state index in [4.69, 9.17) is 9.26 Å². The van der Waals surface area contributed by atoms with Crippen molar-refractivity contribution in [2.24, 2.45) is 0 Å². The predicted octanol–water partition coefficient (Wildman–Crippen LogP) is 1.75. The highest BCUT2D eigenvalue weighted by Crippen LogP contribution is 2.20. The van der Waals surface area contributed by atoms with Gasteiger partial charge < -0.3 is 14.6 Å². The summed E-state index contributed by atoms with van der Waals surface area (Å²) in [7, 11) is 1.64. The van der Waals surface area contributed by atoms with Crippen LogP contribution in [0.25, 0.3) is 11.5 Å². The van der Waals surface area contributed by atoms with Crippen LogP contribution in [0.4, 0.5) is 0 Å². The molecule has 2 aromatic heterocycles. The molecule has 3 aromatic rings. The zero-order chi connectivity index (χ0) is 17.2. The molecule has 0 spiro atoms. The van der Waals surface area contributed by atoms with E-state index < -0.39 is 0 Å². The molecule has 0 saturated heterocycles. The Balaban J connectivity index is 1.37. The standard InChI is InChI=1S/C17H20N6O2/c1-11-19-16-8-5-13(10-23(16)21-11)18-9-15-20-17(25-22-15)12-3-6-14(24-2)7-4-12/h3-4,6-7,13,18H,5,8-10H2,1-2H3/t13-/m1/s1. The first-order valence-corrected chi connectivity index (χ1v) is 8.32. The summed E-state index contributed by atoms with van der Waals surface area (Å²) in [6, 6.07) is 7.88. The van der Waals surface area contributed by atoms with Crippen molar-refractivity contribution in [3.05, 3.63) is 41.7 Å². The Morgan fingerprint density at radius 3 is 2.92 bits per heavy atom. The van der Waals surface area contributed by atoms with Crippen molar-refractivity contribution in [1.82, 2.24) is 30.2 Å². The molecule has 0 bridgehead atoms. The lowest BCUT2D eigenvalue weighted by molar-refractivity contribution is 0.350. The van der Waals surface area contributed by atoms with Crippen LogP contribution in [-0.2, 0) is 19.5 Å². The summed E-state index contributed by atoms with van der Waals surface area (Å²) >= 11 is 0. The van der Waals surface area contributed by atoms with E-state index in [2.05, 4.69) is 25.5 Å². The molecule has 1 aliphatic heterocycles. The maximum atomic E-state index is 5.35. The summed E-state index contributed by atoms with van der Waals surface area (Å²) < 4.78 is 12.5. The Hall–Kier alpha value is -2.74. The van der Waals surface area contributed by atoms with Gasteiger partial charge in [-0.2, -0.15) is 10.1 Å². The fourth-order valence-electron chi connectivity index (χ4n) is 3.01. The average molecular weight is 340 g/mol. The van der Waals surface area contributed by atoms with Gasteiger partial charge >= 0.3 is 0 Å². The van der Waals surface area contributed by atoms with E-state index in [9.17, 15) is 0 Å². The third kappa shape index (κ3) is 3.39. The van der Waals surface area contributed by atoms with E-state index in [1.807, 2.05) is 35.9 Å². The molecule has 0 aliphatic carbocycles. The second kappa shape index (κ2) is 6.64. The number of hydrogen-bond donors (Lipinski definition) is 1. The predicted molar refractivity (Wildman–Crippen MR) is 90.0 cm³/mol. The van der Waals surface area contributed by atoms with Crippen LogP contribution in [0.15, 0.2) is 28.8 Å². The molecule has 0 amide bonds. The lowest BCUT2D eigenvalue weighted by Gasteiger charge is -2.22. The lowest BCUT2D eigenvalue weighted by atomic mass is 10.1. The van der Waals surface area contributed by atoms with E-state index in [-0.39, 0.29) is 0 Å². The van der Waals surface area contributed by atoms with E-state index in [1.165, 1.54) is 0 Å². The van der Waals surface area contributed by atoms with Gasteiger partial charge in [-0.05, 0) is 37.6 Å². The van der Waals surface area contributed by atoms with Gasteiger partial charge in [0, 0.05) is 18.0 Å². The Labute approximate surface area is 145 Å². The van der Waals surface area contributed by atoms with Crippen LogP contribution < -0.4 is 10.1 Å². The van der Waals surface area contributed by atoms with Gasteiger partial charge in [-0.15, -0.1) is 0 Å². The van der Waals surface area contributed by atoms with Crippen LogP contribution in [0.5, 0.6) is 5.75 Å². The van der Waals surface area contributed by atoms with Crippen LogP contribution in [-0.4, -0.2) is 38.1 Å². The summed E-state index contributed by atoms with van der Waals surface area (Å²) in [5.41, 5.74) is 0.875. The van der Waals surface area contributed by atoms with Crippen molar-refractivity contribution < 1.29 is 9.26 Å². The van der Waals surface area contributed by atoms with Gasteiger partial charge in [0.15, 0.2) is 5.82 Å². The first-order chi connectivity index (χ1) is 12.2. The molecule has 1 atom stereocenters. The van der Waals surface area contributed by atoms with Gasteiger partial charge in [-0.1, -0.05) is 5.16 Å². The number of fused-ring (bicyclic) bond motifs is 1. The maximum Gasteiger partial charge on any atom is 0.257 e. The quantitative estimate of drug-likeness (QED) is 0.756. The third-order valence-corrected chi connectivity index (χ3v) is 4.32. The number of hydrogen-bond acceptors (Lipinski definition) is 7.